The lowest BCUT2D eigenvalue weighted by Gasteiger charge is -2.15. The number of pyridine rings is 1. The van der Waals surface area contributed by atoms with Crippen molar-refractivity contribution in [2.24, 2.45) is 0 Å². The summed E-state index contributed by atoms with van der Waals surface area (Å²) in [5.74, 6) is 0.712. The molecule has 30 heavy (non-hydrogen) atoms. The second kappa shape index (κ2) is 10.2. The third kappa shape index (κ3) is 5.67. The summed E-state index contributed by atoms with van der Waals surface area (Å²) in [5.41, 5.74) is 4.25. The average molecular weight is 399 g/mol. The molecule has 0 radical (unpaired) electrons. The minimum absolute atomic E-state index is 0.396. The number of allylic oxidation sites excluding steroid dienone is 1. The molecule has 0 unspecified atom stereocenters. The van der Waals surface area contributed by atoms with Crippen LogP contribution in [-0.2, 0) is 6.42 Å². The first-order valence-electron chi connectivity index (χ1n) is 9.77. The summed E-state index contributed by atoms with van der Waals surface area (Å²) in [6, 6.07) is 17.2. The number of nitrogens with zero attached hydrogens (tertiary/aromatic N) is 1. The maximum atomic E-state index is 12.7. The van der Waals surface area contributed by atoms with Crippen LogP contribution in [0, 0.1) is 0 Å². The van der Waals surface area contributed by atoms with E-state index in [1.54, 1.807) is 25.4 Å². The number of esters is 1. The first-order chi connectivity index (χ1) is 14.6. The van der Waals surface area contributed by atoms with Crippen molar-refractivity contribution < 1.29 is 14.3 Å². The number of methoxy groups -OCH3 is 1. The van der Waals surface area contributed by atoms with E-state index in [1.807, 2.05) is 61.5 Å². The molecule has 0 bridgehead atoms. The Bertz CT molecular complexity index is 1040. The van der Waals surface area contributed by atoms with Gasteiger partial charge < -0.3 is 9.47 Å². The first kappa shape index (κ1) is 21.1. The van der Waals surface area contributed by atoms with Crippen molar-refractivity contribution in [1.82, 2.24) is 4.98 Å². The summed E-state index contributed by atoms with van der Waals surface area (Å²) in [6.45, 7) is 5.95. The van der Waals surface area contributed by atoms with E-state index in [2.05, 4.69) is 11.6 Å². The van der Waals surface area contributed by atoms with Crippen LogP contribution in [0.4, 0.5) is 0 Å². The molecule has 0 N–H and O–H groups in total. The van der Waals surface area contributed by atoms with Gasteiger partial charge >= 0.3 is 5.97 Å². The highest BCUT2D eigenvalue weighted by atomic mass is 16.5. The molecule has 1 heterocycles. The van der Waals surface area contributed by atoms with Crippen molar-refractivity contribution in [2.45, 2.75) is 19.8 Å². The number of ether oxygens (including phenoxy) is 2. The van der Waals surface area contributed by atoms with Crippen molar-refractivity contribution >= 4 is 18.1 Å². The molecule has 0 amide bonds. The lowest BCUT2D eigenvalue weighted by Crippen LogP contribution is -2.11. The van der Waals surface area contributed by atoms with E-state index in [1.165, 1.54) is 6.20 Å². The Labute approximate surface area is 177 Å². The SMILES string of the molecule is C=C(C)CCc1c(OC)cc(/C=C/c2ccccc2)cc1OC(=O)c1cccnc1. The van der Waals surface area contributed by atoms with Crippen LogP contribution >= 0.6 is 0 Å². The predicted molar refractivity (Wildman–Crippen MR) is 121 cm³/mol. The highest BCUT2D eigenvalue weighted by molar-refractivity contribution is 5.91. The van der Waals surface area contributed by atoms with Gasteiger partial charge in [0.2, 0.25) is 0 Å². The van der Waals surface area contributed by atoms with Crippen molar-refractivity contribution in [3.63, 3.8) is 0 Å². The topological polar surface area (TPSA) is 48.4 Å². The van der Waals surface area contributed by atoms with E-state index in [9.17, 15) is 4.79 Å². The summed E-state index contributed by atoms with van der Waals surface area (Å²) < 4.78 is 11.4. The van der Waals surface area contributed by atoms with Crippen LogP contribution in [0.3, 0.4) is 0 Å². The summed E-state index contributed by atoms with van der Waals surface area (Å²) in [5, 5.41) is 0. The minimum Gasteiger partial charge on any atom is -0.496 e. The summed E-state index contributed by atoms with van der Waals surface area (Å²) in [6.07, 6.45) is 8.53. The van der Waals surface area contributed by atoms with Crippen LogP contribution in [0.2, 0.25) is 0 Å². The van der Waals surface area contributed by atoms with Gasteiger partial charge in [0, 0.05) is 18.0 Å². The second-order valence-corrected chi connectivity index (χ2v) is 7.03. The number of rotatable bonds is 8. The van der Waals surface area contributed by atoms with Crippen LogP contribution in [0.1, 0.15) is 40.4 Å². The molecule has 0 spiro atoms. The van der Waals surface area contributed by atoms with Crippen LogP contribution in [0.5, 0.6) is 11.5 Å². The van der Waals surface area contributed by atoms with Gasteiger partial charge in [0.05, 0.1) is 12.7 Å². The Morgan fingerprint density at radius 1 is 1.03 bits per heavy atom. The fourth-order valence-electron chi connectivity index (χ4n) is 2.99. The molecule has 2 aromatic carbocycles. The predicted octanol–water partition coefficient (Wildman–Crippen LogP) is 5.99. The maximum absolute atomic E-state index is 12.7. The third-order valence-electron chi connectivity index (χ3n) is 4.58. The lowest BCUT2D eigenvalue weighted by atomic mass is 10.0. The molecule has 152 valence electrons. The molecule has 4 nitrogen and oxygen atoms in total. The van der Waals surface area contributed by atoms with Gasteiger partial charge in [-0.1, -0.05) is 48.1 Å². The van der Waals surface area contributed by atoms with Gasteiger partial charge in [-0.25, -0.2) is 4.79 Å². The minimum atomic E-state index is -0.453. The monoisotopic (exact) mass is 399 g/mol. The van der Waals surface area contributed by atoms with Crippen molar-refractivity contribution in [1.29, 1.82) is 0 Å². The molecular formula is C26H25NO3. The quantitative estimate of drug-likeness (QED) is 0.202. The largest absolute Gasteiger partial charge is 0.496 e. The summed E-state index contributed by atoms with van der Waals surface area (Å²) in [4.78, 5) is 16.7. The molecule has 0 atom stereocenters. The Kier molecular flexibility index (Phi) is 7.17. The highest BCUT2D eigenvalue weighted by Crippen LogP contribution is 2.34. The zero-order valence-electron chi connectivity index (χ0n) is 17.3. The number of carbonyl (C=O) groups excluding carboxylic acids is 1. The average Bonchev–Trinajstić information content (AvgIpc) is 2.77. The number of aromatic nitrogens is 1. The van der Waals surface area contributed by atoms with E-state index in [0.717, 1.165) is 28.7 Å². The fraction of sp³-hybridized carbons (Fsp3) is 0.154. The van der Waals surface area contributed by atoms with Gasteiger partial charge in [0.1, 0.15) is 11.5 Å². The fourth-order valence-corrected chi connectivity index (χ4v) is 2.99. The van der Waals surface area contributed by atoms with Gasteiger partial charge in [-0.15, -0.1) is 6.58 Å². The Morgan fingerprint density at radius 3 is 2.43 bits per heavy atom. The van der Waals surface area contributed by atoms with Crippen LogP contribution < -0.4 is 9.47 Å². The van der Waals surface area contributed by atoms with Gasteiger partial charge in [-0.3, -0.25) is 4.98 Å². The van der Waals surface area contributed by atoms with E-state index < -0.39 is 5.97 Å². The van der Waals surface area contributed by atoms with E-state index in [4.69, 9.17) is 9.47 Å². The zero-order chi connectivity index (χ0) is 21.3. The van der Waals surface area contributed by atoms with Gasteiger partial charge in [-0.05, 0) is 55.2 Å². The van der Waals surface area contributed by atoms with Gasteiger partial charge in [-0.2, -0.15) is 0 Å². The zero-order valence-corrected chi connectivity index (χ0v) is 17.3. The van der Waals surface area contributed by atoms with Crippen LogP contribution in [0.25, 0.3) is 12.2 Å². The highest BCUT2D eigenvalue weighted by Gasteiger charge is 2.17. The lowest BCUT2D eigenvalue weighted by molar-refractivity contribution is 0.0732. The molecule has 1 aromatic heterocycles. The van der Waals surface area contributed by atoms with Gasteiger partial charge in [0.25, 0.3) is 0 Å². The second-order valence-electron chi connectivity index (χ2n) is 7.03. The normalized spacial score (nSPS) is 10.7. The molecule has 0 saturated carbocycles. The smallest absolute Gasteiger partial charge is 0.345 e. The van der Waals surface area contributed by atoms with Crippen LogP contribution in [0.15, 0.2) is 79.1 Å². The van der Waals surface area contributed by atoms with Crippen molar-refractivity contribution in [3.05, 3.63) is 101 Å². The molecule has 4 heteroatoms. The number of benzene rings is 2. The summed E-state index contributed by atoms with van der Waals surface area (Å²) >= 11 is 0. The standard InChI is InChI=1S/C26H25NO3/c1-19(2)11-14-23-24(29-3)16-21(13-12-20-8-5-4-6-9-20)17-25(23)30-26(28)22-10-7-15-27-18-22/h4-10,12-13,15-18H,1,11,14H2,2-3H3/b13-12+. The molecule has 3 rings (SSSR count). The van der Waals surface area contributed by atoms with E-state index in [-0.39, 0.29) is 0 Å². The maximum Gasteiger partial charge on any atom is 0.345 e. The Morgan fingerprint density at radius 2 is 1.77 bits per heavy atom. The molecule has 3 aromatic rings. The third-order valence-corrected chi connectivity index (χ3v) is 4.58. The number of hydrogen-bond donors (Lipinski definition) is 0. The van der Waals surface area contributed by atoms with Crippen molar-refractivity contribution in [2.75, 3.05) is 7.11 Å². The summed E-state index contributed by atoms with van der Waals surface area (Å²) in [7, 11) is 1.62. The molecule has 0 fully saturated rings. The van der Waals surface area contributed by atoms with Gasteiger partial charge in [0.15, 0.2) is 0 Å². The molecule has 0 aliphatic carbocycles. The van der Waals surface area contributed by atoms with Crippen molar-refractivity contribution in [3.8, 4) is 11.5 Å². The van der Waals surface area contributed by atoms with Crippen LogP contribution in [-0.4, -0.2) is 18.1 Å². The first-order valence-corrected chi connectivity index (χ1v) is 9.77. The Hall–Kier alpha value is -3.66. The number of carbonyl (C=O) groups is 1. The van der Waals surface area contributed by atoms with E-state index in [0.29, 0.717) is 23.5 Å². The Balaban J connectivity index is 1.97. The molecule has 0 saturated heterocycles. The number of hydrogen-bond acceptors (Lipinski definition) is 4. The van der Waals surface area contributed by atoms with E-state index >= 15 is 0 Å². The molecule has 0 aliphatic rings. The molecule has 0 aliphatic heterocycles. The molecular weight excluding hydrogens is 374 g/mol.